The summed E-state index contributed by atoms with van der Waals surface area (Å²) >= 11 is 0. The van der Waals surface area contributed by atoms with E-state index in [-0.39, 0.29) is 12.1 Å². The number of hydrogen-bond acceptors (Lipinski definition) is 3. The van der Waals surface area contributed by atoms with Gasteiger partial charge < -0.3 is 9.84 Å². The molecule has 3 nitrogen and oxygen atoms in total. The summed E-state index contributed by atoms with van der Waals surface area (Å²) < 4.78 is 4.65. The lowest BCUT2D eigenvalue weighted by Gasteiger charge is -2.05. The number of ether oxygens (including phenoxy) is 1. The van der Waals surface area contributed by atoms with Crippen molar-refractivity contribution in [2.45, 2.75) is 148 Å². The molecule has 0 aromatic carbocycles. The average molecular weight is 399 g/mol. The van der Waals surface area contributed by atoms with Crippen molar-refractivity contribution in [3.63, 3.8) is 0 Å². The van der Waals surface area contributed by atoms with Gasteiger partial charge in [-0.1, -0.05) is 116 Å². The molecule has 28 heavy (non-hydrogen) atoms. The third-order valence-corrected chi connectivity index (χ3v) is 5.73. The smallest absolute Gasteiger partial charge is 0.305 e. The van der Waals surface area contributed by atoms with E-state index in [1.54, 1.807) is 0 Å². The Hall–Kier alpha value is -0.570. The molecule has 0 fully saturated rings. The summed E-state index contributed by atoms with van der Waals surface area (Å²) in [6, 6.07) is 0. The van der Waals surface area contributed by atoms with Crippen LogP contribution in [0.2, 0.25) is 0 Å². The van der Waals surface area contributed by atoms with E-state index in [1.807, 2.05) is 6.92 Å². The first-order chi connectivity index (χ1) is 13.7. The van der Waals surface area contributed by atoms with E-state index in [0.717, 1.165) is 19.3 Å². The van der Waals surface area contributed by atoms with Crippen molar-refractivity contribution in [3.8, 4) is 0 Å². The Labute approximate surface area is 176 Å². The van der Waals surface area contributed by atoms with Gasteiger partial charge in [0, 0.05) is 6.42 Å². The Morgan fingerprint density at radius 3 is 1.18 bits per heavy atom. The third kappa shape index (κ3) is 23.5. The minimum atomic E-state index is -0.115. The molecular formula is C25H50O3. The second-order valence-electron chi connectivity index (χ2n) is 8.68. The van der Waals surface area contributed by atoms with Crippen molar-refractivity contribution in [2.24, 2.45) is 0 Å². The molecule has 0 saturated heterocycles. The number of unbranched alkanes of at least 4 members (excludes halogenated alkanes) is 18. The quantitative estimate of drug-likeness (QED) is 0.150. The number of carbonyl (C=O) groups excluding carboxylic acids is 1. The standard InChI is InChI=1S/C25H50O3/c1-24(26)22-20-18-16-14-12-10-8-6-4-3-5-7-9-11-13-15-17-19-21-23-25(27)28-2/h24,26H,3-23H2,1-2H3. The zero-order chi connectivity index (χ0) is 20.7. The van der Waals surface area contributed by atoms with E-state index in [9.17, 15) is 9.90 Å². The van der Waals surface area contributed by atoms with E-state index < -0.39 is 0 Å². The van der Waals surface area contributed by atoms with Gasteiger partial charge in [0.05, 0.1) is 13.2 Å². The molecule has 0 aliphatic carbocycles. The average Bonchev–Trinajstić information content (AvgIpc) is 2.68. The molecule has 0 aliphatic heterocycles. The summed E-state index contributed by atoms with van der Waals surface area (Å²) in [4.78, 5) is 11.0. The van der Waals surface area contributed by atoms with Crippen molar-refractivity contribution < 1.29 is 14.6 Å². The van der Waals surface area contributed by atoms with Gasteiger partial charge in [-0.3, -0.25) is 4.79 Å². The number of aliphatic hydroxyl groups excluding tert-OH is 1. The van der Waals surface area contributed by atoms with Crippen LogP contribution in [0.1, 0.15) is 142 Å². The summed E-state index contributed by atoms with van der Waals surface area (Å²) in [6.07, 6.45) is 26.9. The van der Waals surface area contributed by atoms with Gasteiger partial charge in [0.2, 0.25) is 0 Å². The summed E-state index contributed by atoms with van der Waals surface area (Å²) in [5.41, 5.74) is 0. The zero-order valence-corrected chi connectivity index (χ0v) is 19.2. The lowest BCUT2D eigenvalue weighted by molar-refractivity contribution is -0.140. The molecule has 1 unspecified atom stereocenters. The zero-order valence-electron chi connectivity index (χ0n) is 19.2. The van der Waals surface area contributed by atoms with Gasteiger partial charge in [-0.05, 0) is 19.8 Å². The van der Waals surface area contributed by atoms with Crippen LogP contribution in [0, 0.1) is 0 Å². The number of aliphatic hydroxyl groups is 1. The molecule has 0 radical (unpaired) electrons. The molecule has 168 valence electrons. The molecule has 0 bridgehead atoms. The number of rotatable bonds is 22. The van der Waals surface area contributed by atoms with Gasteiger partial charge in [0.1, 0.15) is 0 Å². The number of hydrogen-bond donors (Lipinski definition) is 1. The molecule has 0 aliphatic rings. The molecule has 1 atom stereocenters. The topological polar surface area (TPSA) is 46.5 Å². The van der Waals surface area contributed by atoms with Crippen molar-refractivity contribution >= 4 is 5.97 Å². The highest BCUT2D eigenvalue weighted by Crippen LogP contribution is 2.15. The molecule has 0 rings (SSSR count). The van der Waals surface area contributed by atoms with E-state index in [4.69, 9.17) is 0 Å². The van der Waals surface area contributed by atoms with Crippen LogP contribution in [0.5, 0.6) is 0 Å². The Bertz CT molecular complexity index is 315. The Balaban J connectivity index is 3.02. The predicted octanol–water partition coefficient (Wildman–Crippen LogP) is 7.73. The first-order valence-electron chi connectivity index (χ1n) is 12.4. The van der Waals surface area contributed by atoms with Crippen LogP contribution >= 0.6 is 0 Å². The largest absolute Gasteiger partial charge is 0.469 e. The van der Waals surface area contributed by atoms with Crippen molar-refractivity contribution in [1.82, 2.24) is 0 Å². The Kier molecular flexibility index (Phi) is 22.3. The van der Waals surface area contributed by atoms with Crippen molar-refractivity contribution in [1.29, 1.82) is 0 Å². The predicted molar refractivity (Wildman–Crippen MR) is 121 cm³/mol. The van der Waals surface area contributed by atoms with Crippen LogP contribution < -0.4 is 0 Å². The molecule has 0 saturated carbocycles. The second-order valence-corrected chi connectivity index (χ2v) is 8.68. The van der Waals surface area contributed by atoms with Crippen LogP contribution in [-0.2, 0) is 9.53 Å². The van der Waals surface area contributed by atoms with E-state index in [2.05, 4.69) is 4.74 Å². The van der Waals surface area contributed by atoms with Gasteiger partial charge in [0.15, 0.2) is 0 Å². The van der Waals surface area contributed by atoms with Gasteiger partial charge in [-0.2, -0.15) is 0 Å². The lowest BCUT2D eigenvalue weighted by atomic mass is 10.0. The van der Waals surface area contributed by atoms with Gasteiger partial charge in [-0.25, -0.2) is 0 Å². The van der Waals surface area contributed by atoms with E-state index in [0.29, 0.717) is 6.42 Å². The summed E-state index contributed by atoms with van der Waals surface area (Å²) in [6.45, 7) is 1.89. The summed E-state index contributed by atoms with van der Waals surface area (Å²) in [5.74, 6) is -0.0694. The highest BCUT2D eigenvalue weighted by atomic mass is 16.5. The fourth-order valence-corrected chi connectivity index (χ4v) is 3.82. The molecule has 3 heteroatoms. The van der Waals surface area contributed by atoms with Crippen LogP contribution in [0.4, 0.5) is 0 Å². The van der Waals surface area contributed by atoms with Crippen molar-refractivity contribution in [2.75, 3.05) is 7.11 Å². The fourth-order valence-electron chi connectivity index (χ4n) is 3.82. The Morgan fingerprint density at radius 1 is 0.607 bits per heavy atom. The lowest BCUT2D eigenvalue weighted by Crippen LogP contribution is -1.99. The van der Waals surface area contributed by atoms with Gasteiger partial charge >= 0.3 is 5.97 Å². The fraction of sp³-hybridized carbons (Fsp3) is 0.960. The highest BCUT2D eigenvalue weighted by molar-refractivity contribution is 5.68. The summed E-state index contributed by atoms with van der Waals surface area (Å²) in [7, 11) is 1.47. The van der Waals surface area contributed by atoms with E-state index >= 15 is 0 Å². The number of esters is 1. The maximum atomic E-state index is 11.0. The second kappa shape index (κ2) is 22.7. The van der Waals surface area contributed by atoms with Crippen LogP contribution in [-0.4, -0.2) is 24.3 Å². The molecule has 0 aromatic heterocycles. The van der Waals surface area contributed by atoms with E-state index in [1.165, 1.54) is 116 Å². The monoisotopic (exact) mass is 398 g/mol. The molecule has 0 heterocycles. The SMILES string of the molecule is COC(=O)CCCCCCCCCCCCCCCCCCCCCC(C)O. The number of methoxy groups -OCH3 is 1. The van der Waals surface area contributed by atoms with Crippen LogP contribution in [0.3, 0.4) is 0 Å². The summed E-state index contributed by atoms with van der Waals surface area (Å²) in [5, 5.41) is 9.21. The molecular weight excluding hydrogens is 348 g/mol. The third-order valence-electron chi connectivity index (χ3n) is 5.73. The first kappa shape index (κ1) is 27.4. The Morgan fingerprint density at radius 2 is 0.893 bits per heavy atom. The first-order valence-corrected chi connectivity index (χ1v) is 12.4. The minimum absolute atomic E-state index is 0.0694. The van der Waals surface area contributed by atoms with Gasteiger partial charge in [0.25, 0.3) is 0 Å². The highest BCUT2D eigenvalue weighted by Gasteiger charge is 1.99. The molecule has 1 N–H and O–H groups in total. The minimum Gasteiger partial charge on any atom is -0.469 e. The van der Waals surface area contributed by atoms with Crippen LogP contribution in [0.25, 0.3) is 0 Å². The van der Waals surface area contributed by atoms with Crippen molar-refractivity contribution in [3.05, 3.63) is 0 Å². The maximum Gasteiger partial charge on any atom is 0.305 e. The normalized spacial score (nSPS) is 12.2. The molecule has 0 spiro atoms. The molecule has 0 aromatic rings. The number of carbonyl (C=O) groups is 1. The van der Waals surface area contributed by atoms with Crippen LogP contribution in [0.15, 0.2) is 0 Å². The maximum absolute atomic E-state index is 11.0. The molecule has 0 amide bonds. The van der Waals surface area contributed by atoms with Gasteiger partial charge in [-0.15, -0.1) is 0 Å².